The van der Waals surface area contributed by atoms with Crippen molar-refractivity contribution >= 4 is 23.3 Å². The molecule has 1 amide bonds. The van der Waals surface area contributed by atoms with E-state index in [-0.39, 0.29) is 0 Å². The topological polar surface area (TPSA) is 72.9 Å². The van der Waals surface area contributed by atoms with Crippen LogP contribution >= 0.6 is 0 Å². The molecule has 0 bridgehead atoms. The highest BCUT2D eigenvalue weighted by Gasteiger charge is 2.24. The Balaban J connectivity index is 2.04. The number of carboxylic acid groups (broad SMARTS) is 1. The molecule has 1 saturated heterocycles. The number of carboxylic acids is 1. The van der Waals surface area contributed by atoms with Crippen molar-refractivity contribution in [1.82, 2.24) is 4.90 Å². The van der Waals surface area contributed by atoms with Crippen LogP contribution in [0, 0.1) is 11.8 Å². The number of hydrogen-bond acceptors (Lipinski definition) is 4. The van der Waals surface area contributed by atoms with Gasteiger partial charge in [0.1, 0.15) is 5.92 Å². The summed E-state index contributed by atoms with van der Waals surface area (Å²) in [5.74, 6) is -1.97. The summed E-state index contributed by atoms with van der Waals surface area (Å²) in [4.78, 5) is 27.5. The molecule has 1 unspecified atom stereocenters. The number of nitrogens with zero attached hydrogens (tertiary/aromatic N) is 2. The first-order valence-corrected chi connectivity index (χ1v) is 8.41. The van der Waals surface area contributed by atoms with Crippen LogP contribution < -0.4 is 10.2 Å². The van der Waals surface area contributed by atoms with Crippen LogP contribution in [0.15, 0.2) is 24.3 Å². The predicted octanol–water partition coefficient (Wildman–Crippen LogP) is 2.12. The maximum atomic E-state index is 12.0. The lowest BCUT2D eigenvalue weighted by Gasteiger charge is -2.35. The second-order valence-corrected chi connectivity index (χ2v) is 6.76. The minimum Gasteiger partial charge on any atom is -0.481 e. The molecule has 0 radical (unpaired) electrons. The van der Waals surface area contributed by atoms with Gasteiger partial charge in [0.25, 0.3) is 0 Å². The van der Waals surface area contributed by atoms with Gasteiger partial charge < -0.3 is 20.2 Å². The minimum atomic E-state index is -1.12. The number of nitrogens with one attached hydrogen (secondary N) is 1. The van der Waals surface area contributed by atoms with Crippen molar-refractivity contribution in [3.63, 3.8) is 0 Å². The Morgan fingerprint density at radius 3 is 2.50 bits per heavy atom. The standard InChI is InChI=1S/C18H27N3O3/c1-13(18(23)24)17(22)19-15-6-4-5-7-16(15)21-10-8-14(9-11-21)12-20(2)3/h4-7,13-14H,8-12H2,1-3H3,(H,19,22)(H,23,24). The number of para-hydroxylation sites is 2. The van der Waals surface area contributed by atoms with Crippen LogP contribution in [0.5, 0.6) is 0 Å². The molecule has 1 aliphatic rings. The second kappa shape index (κ2) is 8.15. The molecular weight excluding hydrogens is 306 g/mol. The molecule has 0 saturated carbocycles. The van der Waals surface area contributed by atoms with Crippen molar-refractivity contribution in [2.45, 2.75) is 19.8 Å². The van der Waals surface area contributed by atoms with Crippen molar-refractivity contribution < 1.29 is 14.7 Å². The monoisotopic (exact) mass is 333 g/mol. The molecule has 1 heterocycles. The summed E-state index contributed by atoms with van der Waals surface area (Å²) < 4.78 is 0. The third-order valence-electron chi connectivity index (χ3n) is 4.50. The first-order chi connectivity index (χ1) is 11.4. The number of rotatable bonds is 6. The summed E-state index contributed by atoms with van der Waals surface area (Å²) >= 11 is 0. The Hall–Kier alpha value is -2.08. The maximum Gasteiger partial charge on any atom is 0.315 e. The number of carbonyl (C=O) groups is 2. The Bertz CT molecular complexity index is 581. The van der Waals surface area contributed by atoms with Gasteiger partial charge in [0.05, 0.1) is 11.4 Å². The number of aliphatic carboxylic acids is 1. The molecule has 132 valence electrons. The molecule has 1 aromatic rings. The first-order valence-electron chi connectivity index (χ1n) is 8.41. The number of hydrogen-bond donors (Lipinski definition) is 2. The normalized spacial score (nSPS) is 16.9. The van der Waals surface area contributed by atoms with Crippen LogP contribution in [0.1, 0.15) is 19.8 Å². The second-order valence-electron chi connectivity index (χ2n) is 6.76. The smallest absolute Gasteiger partial charge is 0.315 e. The van der Waals surface area contributed by atoms with Crippen molar-refractivity contribution in [1.29, 1.82) is 0 Å². The van der Waals surface area contributed by atoms with E-state index >= 15 is 0 Å². The Kier molecular flexibility index (Phi) is 6.20. The van der Waals surface area contributed by atoms with E-state index in [4.69, 9.17) is 5.11 Å². The van der Waals surface area contributed by atoms with Gasteiger partial charge in [-0.1, -0.05) is 12.1 Å². The van der Waals surface area contributed by atoms with Crippen LogP contribution in [0.4, 0.5) is 11.4 Å². The zero-order valence-electron chi connectivity index (χ0n) is 14.7. The number of amides is 1. The van der Waals surface area contributed by atoms with Crippen LogP contribution in [0.2, 0.25) is 0 Å². The molecule has 0 spiro atoms. The molecule has 1 aromatic carbocycles. The Labute approximate surface area is 143 Å². The van der Waals surface area contributed by atoms with Crippen molar-refractivity contribution in [3.8, 4) is 0 Å². The first kappa shape index (κ1) is 18.3. The van der Waals surface area contributed by atoms with Gasteiger partial charge in [-0.05, 0) is 51.9 Å². The molecule has 1 atom stereocenters. The lowest BCUT2D eigenvalue weighted by Crippen LogP contribution is -2.37. The lowest BCUT2D eigenvalue weighted by molar-refractivity contribution is -0.144. The van der Waals surface area contributed by atoms with E-state index in [0.29, 0.717) is 11.6 Å². The van der Waals surface area contributed by atoms with Gasteiger partial charge >= 0.3 is 5.97 Å². The highest BCUT2D eigenvalue weighted by molar-refractivity contribution is 6.05. The lowest BCUT2D eigenvalue weighted by atomic mass is 9.96. The summed E-state index contributed by atoms with van der Waals surface area (Å²) in [5, 5.41) is 11.7. The molecule has 6 nitrogen and oxygen atoms in total. The van der Waals surface area contributed by atoms with E-state index < -0.39 is 17.8 Å². The van der Waals surface area contributed by atoms with E-state index in [9.17, 15) is 9.59 Å². The fourth-order valence-corrected chi connectivity index (χ4v) is 3.08. The predicted molar refractivity (Wildman–Crippen MR) is 95.4 cm³/mol. The van der Waals surface area contributed by atoms with E-state index in [1.807, 2.05) is 24.3 Å². The summed E-state index contributed by atoms with van der Waals surface area (Å²) in [7, 11) is 4.20. The van der Waals surface area contributed by atoms with E-state index in [1.165, 1.54) is 6.92 Å². The van der Waals surface area contributed by atoms with Crippen LogP contribution in [0.25, 0.3) is 0 Å². The highest BCUT2D eigenvalue weighted by atomic mass is 16.4. The van der Waals surface area contributed by atoms with Crippen LogP contribution in [0.3, 0.4) is 0 Å². The van der Waals surface area contributed by atoms with E-state index in [0.717, 1.165) is 38.2 Å². The summed E-state index contributed by atoms with van der Waals surface area (Å²) in [5.41, 5.74) is 1.65. The molecule has 2 N–H and O–H groups in total. The SMILES string of the molecule is CC(C(=O)O)C(=O)Nc1ccccc1N1CCC(CN(C)C)CC1. The maximum absolute atomic E-state index is 12.0. The third-order valence-corrected chi connectivity index (χ3v) is 4.50. The largest absolute Gasteiger partial charge is 0.481 e. The third kappa shape index (κ3) is 4.71. The van der Waals surface area contributed by atoms with Gasteiger partial charge in [-0.2, -0.15) is 0 Å². The van der Waals surface area contributed by atoms with Crippen LogP contribution in [-0.4, -0.2) is 55.6 Å². The van der Waals surface area contributed by atoms with Gasteiger partial charge in [0.2, 0.25) is 5.91 Å². The summed E-state index contributed by atoms with van der Waals surface area (Å²) in [6, 6.07) is 7.60. The van der Waals surface area contributed by atoms with E-state index in [2.05, 4.69) is 29.2 Å². The number of anilines is 2. The molecule has 6 heteroatoms. The molecular formula is C18H27N3O3. The molecule has 1 fully saturated rings. The van der Waals surface area contributed by atoms with Crippen molar-refractivity contribution in [2.75, 3.05) is 43.9 Å². The zero-order chi connectivity index (χ0) is 17.7. The summed E-state index contributed by atoms with van der Waals surface area (Å²) in [6.07, 6.45) is 2.23. The zero-order valence-corrected chi connectivity index (χ0v) is 14.7. The van der Waals surface area contributed by atoms with Gasteiger partial charge in [-0.3, -0.25) is 9.59 Å². The fraction of sp³-hybridized carbons (Fsp3) is 0.556. The van der Waals surface area contributed by atoms with Crippen molar-refractivity contribution in [3.05, 3.63) is 24.3 Å². The molecule has 0 aliphatic carbocycles. The highest BCUT2D eigenvalue weighted by Crippen LogP contribution is 2.30. The molecule has 24 heavy (non-hydrogen) atoms. The minimum absolute atomic E-state index is 0.488. The molecule has 1 aliphatic heterocycles. The van der Waals surface area contributed by atoms with Gasteiger partial charge in [-0.15, -0.1) is 0 Å². The Morgan fingerprint density at radius 2 is 1.92 bits per heavy atom. The number of benzene rings is 1. The van der Waals surface area contributed by atoms with Crippen LogP contribution in [-0.2, 0) is 9.59 Å². The quantitative estimate of drug-likeness (QED) is 0.780. The molecule has 2 rings (SSSR count). The average molecular weight is 333 g/mol. The number of carbonyl (C=O) groups excluding carboxylic acids is 1. The molecule has 0 aromatic heterocycles. The van der Waals surface area contributed by atoms with Gasteiger partial charge in [-0.25, -0.2) is 0 Å². The Morgan fingerprint density at radius 1 is 1.29 bits per heavy atom. The van der Waals surface area contributed by atoms with Crippen molar-refractivity contribution in [2.24, 2.45) is 11.8 Å². The van der Waals surface area contributed by atoms with Gasteiger partial charge in [0, 0.05) is 19.6 Å². The fourth-order valence-electron chi connectivity index (χ4n) is 3.08. The van der Waals surface area contributed by atoms with Gasteiger partial charge in [0.15, 0.2) is 0 Å². The average Bonchev–Trinajstić information content (AvgIpc) is 2.54. The summed E-state index contributed by atoms with van der Waals surface area (Å²) in [6.45, 7) is 4.38. The number of piperidine rings is 1. The van der Waals surface area contributed by atoms with E-state index in [1.54, 1.807) is 0 Å².